The van der Waals surface area contributed by atoms with Crippen LogP contribution < -0.4 is 10.6 Å². The molecular weight excluding hydrogens is 607 g/mol. The minimum Gasteiger partial charge on any atom is -0.385 e. The Morgan fingerprint density at radius 1 is 0.480 bits per heavy atom. The Bertz CT molecular complexity index is 2550. The van der Waals surface area contributed by atoms with Gasteiger partial charge in [0.1, 0.15) is 0 Å². The molecule has 11 rings (SSSR count). The predicted octanol–water partition coefficient (Wildman–Crippen LogP) is 10.2. The molecule has 0 radical (unpaired) electrons. The van der Waals surface area contributed by atoms with E-state index in [0.29, 0.717) is 0 Å². The van der Waals surface area contributed by atoms with Crippen LogP contribution in [0.4, 0.5) is 0 Å². The molecule has 0 unspecified atom stereocenters. The van der Waals surface area contributed by atoms with Gasteiger partial charge in [-0.2, -0.15) is 0 Å². The maximum absolute atomic E-state index is 3.86. The number of hydrogen-bond donors (Lipinski definition) is 2. The number of aromatic nitrogens is 1. The minimum atomic E-state index is -0.318. The molecular formula is C47H33N3. The molecule has 2 aliphatic carbocycles. The number of nitrogens with zero attached hydrogens (tertiary/aromatic N) is 1. The second kappa shape index (κ2) is 10.3. The summed E-state index contributed by atoms with van der Waals surface area (Å²) >= 11 is 0. The molecule has 0 bridgehead atoms. The Labute approximate surface area is 291 Å². The fourth-order valence-corrected chi connectivity index (χ4v) is 9.30. The summed E-state index contributed by atoms with van der Waals surface area (Å²) in [5.74, 6) is 0. The molecule has 2 aliphatic heterocycles. The highest BCUT2D eigenvalue weighted by molar-refractivity contribution is 5.97. The van der Waals surface area contributed by atoms with E-state index >= 15 is 0 Å². The normalized spacial score (nSPS) is 15.2. The van der Waals surface area contributed by atoms with Crippen molar-refractivity contribution in [1.29, 1.82) is 0 Å². The van der Waals surface area contributed by atoms with Gasteiger partial charge in [-0.05, 0) is 97.7 Å². The van der Waals surface area contributed by atoms with Gasteiger partial charge in [-0.1, -0.05) is 127 Å². The second-order valence-corrected chi connectivity index (χ2v) is 13.7. The number of benzene rings is 6. The average molecular weight is 640 g/mol. The monoisotopic (exact) mass is 639 g/mol. The lowest BCUT2D eigenvalue weighted by Gasteiger charge is -2.30. The highest BCUT2D eigenvalue weighted by Gasteiger charge is 2.51. The van der Waals surface area contributed by atoms with Crippen molar-refractivity contribution >= 4 is 17.8 Å². The van der Waals surface area contributed by atoms with Gasteiger partial charge in [0.25, 0.3) is 0 Å². The number of rotatable bonds is 3. The zero-order valence-corrected chi connectivity index (χ0v) is 27.4. The Balaban J connectivity index is 1.07. The molecule has 3 heterocycles. The largest absolute Gasteiger partial charge is 0.385 e. The van der Waals surface area contributed by atoms with Crippen molar-refractivity contribution < 1.29 is 0 Å². The van der Waals surface area contributed by atoms with Crippen LogP contribution in [-0.2, 0) is 18.5 Å². The van der Waals surface area contributed by atoms with Crippen LogP contribution in [0.5, 0.6) is 0 Å². The lowest BCUT2D eigenvalue weighted by molar-refractivity contribution is 0.751. The molecule has 0 atom stereocenters. The van der Waals surface area contributed by atoms with E-state index in [9.17, 15) is 0 Å². The third-order valence-electron chi connectivity index (χ3n) is 11.3. The van der Waals surface area contributed by atoms with E-state index in [4.69, 9.17) is 0 Å². The molecule has 2 N–H and O–H groups in total. The van der Waals surface area contributed by atoms with Crippen molar-refractivity contribution in [2.75, 3.05) is 0 Å². The van der Waals surface area contributed by atoms with Crippen molar-refractivity contribution in [3.05, 3.63) is 202 Å². The molecule has 0 fully saturated rings. The molecule has 3 heteroatoms. The lowest BCUT2D eigenvalue weighted by Crippen LogP contribution is -2.25. The smallest absolute Gasteiger partial charge is 0.0725 e. The summed E-state index contributed by atoms with van der Waals surface area (Å²) in [6, 6.07) is 53.8. The van der Waals surface area contributed by atoms with E-state index in [-0.39, 0.29) is 5.41 Å². The van der Waals surface area contributed by atoms with Gasteiger partial charge in [-0.25, -0.2) is 0 Å². The van der Waals surface area contributed by atoms with Crippen molar-refractivity contribution in [2.24, 2.45) is 0 Å². The summed E-state index contributed by atoms with van der Waals surface area (Å²) in [5.41, 5.74) is 21.7. The van der Waals surface area contributed by atoms with Gasteiger partial charge in [-0.3, -0.25) is 0 Å². The van der Waals surface area contributed by atoms with Crippen LogP contribution in [0.15, 0.2) is 152 Å². The Morgan fingerprint density at radius 3 is 1.84 bits per heavy atom. The van der Waals surface area contributed by atoms with Crippen molar-refractivity contribution in [1.82, 2.24) is 15.2 Å². The summed E-state index contributed by atoms with van der Waals surface area (Å²) < 4.78 is 2.46. The van der Waals surface area contributed by atoms with Crippen molar-refractivity contribution in [2.45, 2.75) is 18.5 Å². The fourth-order valence-electron chi connectivity index (χ4n) is 9.30. The van der Waals surface area contributed by atoms with Gasteiger partial charge in [0.05, 0.1) is 29.9 Å². The maximum Gasteiger partial charge on any atom is 0.0725 e. The molecule has 1 aromatic heterocycles. The lowest BCUT2D eigenvalue weighted by atomic mass is 9.70. The van der Waals surface area contributed by atoms with E-state index in [1.54, 1.807) is 0 Å². The topological polar surface area (TPSA) is 29.0 Å². The van der Waals surface area contributed by atoms with E-state index in [2.05, 4.69) is 179 Å². The standard InChI is InChI=1S/C47H33N3/c1-2-11-30(12-3-1)31-13-10-14-33(25-31)50-45-28-48-24-23-37(45)39-27-44(49-29-46(39)50)32-21-22-43-38(26-32)36-17-6-9-20-42(36)47(43)40-18-7-4-15-34(40)35-16-5-8-19-41(35)47/h1-27,48-49H,28-29H2. The van der Waals surface area contributed by atoms with E-state index < -0.39 is 0 Å². The third kappa shape index (κ3) is 3.64. The molecule has 4 aliphatic rings. The summed E-state index contributed by atoms with van der Waals surface area (Å²) in [6.07, 6.45) is 6.71. The van der Waals surface area contributed by atoms with Gasteiger partial charge in [0, 0.05) is 22.5 Å². The zero-order chi connectivity index (χ0) is 32.8. The van der Waals surface area contributed by atoms with Crippen LogP contribution in [-0.4, -0.2) is 4.57 Å². The first-order valence-corrected chi connectivity index (χ1v) is 17.5. The van der Waals surface area contributed by atoms with Crippen LogP contribution in [0.25, 0.3) is 56.9 Å². The summed E-state index contributed by atoms with van der Waals surface area (Å²) in [4.78, 5) is 0. The molecule has 3 nitrogen and oxygen atoms in total. The van der Waals surface area contributed by atoms with E-state index in [1.165, 1.54) is 89.4 Å². The van der Waals surface area contributed by atoms with Crippen LogP contribution in [0.2, 0.25) is 0 Å². The second-order valence-electron chi connectivity index (χ2n) is 13.7. The van der Waals surface area contributed by atoms with Gasteiger partial charge in [0.2, 0.25) is 0 Å². The highest BCUT2D eigenvalue weighted by Crippen LogP contribution is 2.62. The molecule has 0 amide bonds. The van der Waals surface area contributed by atoms with Gasteiger partial charge in [-0.15, -0.1) is 0 Å². The van der Waals surface area contributed by atoms with Crippen LogP contribution >= 0.6 is 0 Å². The first-order valence-electron chi connectivity index (χ1n) is 17.5. The Morgan fingerprint density at radius 2 is 1.10 bits per heavy atom. The number of hydrogen-bond acceptors (Lipinski definition) is 2. The Kier molecular flexibility index (Phi) is 5.71. The average Bonchev–Trinajstić information content (AvgIpc) is 3.80. The summed E-state index contributed by atoms with van der Waals surface area (Å²) in [7, 11) is 0. The maximum atomic E-state index is 3.86. The highest BCUT2D eigenvalue weighted by atomic mass is 15.1. The molecule has 0 saturated heterocycles. The van der Waals surface area contributed by atoms with E-state index in [0.717, 1.165) is 18.8 Å². The molecule has 6 aromatic carbocycles. The third-order valence-corrected chi connectivity index (χ3v) is 11.3. The van der Waals surface area contributed by atoms with Crippen LogP contribution in [0, 0.1) is 0 Å². The first-order chi connectivity index (χ1) is 24.8. The van der Waals surface area contributed by atoms with Crippen LogP contribution in [0.3, 0.4) is 0 Å². The van der Waals surface area contributed by atoms with Gasteiger partial charge in [0.15, 0.2) is 0 Å². The number of fused-ring (bicyclic) bond motifs is 13. The van der Waals surface area contributed by atoms with Crippen molar-refractivity contribution in [3.63, 3.8) is 0 Å². The van der Waals surface area contributed by atoms with Gasteiger partial charge < -0.3 is 15.2 Å². The molecule has 236 valence electrons. The van der Waals surface area contributed by atoms with Gasteiger partial charge >= 0.3 is 0 Å². The van der Waals surface area contributed by atoms with E-state index in [1.807, 2.05) is 0 Å². The van der Waals surface area contributed by atoms with Crippen molar-refractivity contribution in [3.8, 4) is 39.1 Å². The first kappa shape index (κ1) is 27.6. The predicted molar refractivity (Wildman–Crippen MR) is 205 cm³/mol. The fraction of sp³-hybridized carbons (Fsp3) is 0.0638. The molecule has 7 aromatic rings. The molecule has 0 saturated carbocycles. The number of nitrogens with one attached hydrogen (secondary N) is 2. The quantitative estimate of drug-likeness (QED) is 0.201. The van der Waals surface area contributed by atoms with Crippen LogP contribution in [0.1, 0.15) is 50.3 Å². The minimum absolute atomic E-state index is 0.318. The summed E-state index contributed by atoms with van der Waals surface area (Å²) in [6.45, 7) is 1.54. The molecule has 50 heavy (non-hydrogen) atoms. The SMILES string of the molecule is C1=Cc2c3c(n(-c4cccc(-c5ccccc5)c4)c2CN1)CNC(c1ccc2c(c1)-c1ccccc1C21c2ccccc2-c2ccccc21)=C3. The Hall–Kier alpha value is -6.32. The molecule has 1 spiro atoms. The zero-order valence-electron chi connectivity index (χ0n) is 27.4. The summed E-state index contributed by atoms with van der Waals surface area (Å²) in [5, 5.41) is 7.34.